The van der Waals surface area contributed by atoms with Crippen LogP contribution >= 0.6 is 0 Å². The summed E-state index contributed by atoms with van der Waals surface area (Å²) in [5, 5.41) is 8.04. The van der Waals surface area contributed by atoms with E-state index < -0.39 is 20.9 Å². The van der Waals surface area contributed by atoms with Crippen LogP contribution in [0.4, 0.5) is 4.39 Å². The highest BCUT2D eigenvalue weighted by molar-refractivity contribution is 7.92. The van der Waals surface area contributed by atoms with Gasteiger partial charge >= 0.3 is 0 Å². The van der Waals surface area contributed by atoms with Crippen LogP contribution in [0.15, 0.2) is 65.6 Å². The van der Waals surface area contributed by atoms with Crippen LogP contribution in [-0.4, -0.2) is 31.2 Å². The first-order chi connectivity index (χ1) is 17.4. The van der Waals surface area contributed by atoms with Gasteiger partial charge in [-0.3, -0.25) is 0 Å². The first kappa shape index (κ1) is 30.5. The lowest BCUT2D eigenvalue weighted by Crippen LogP contribution is -2.46. The van der Waals surface area contributed by atoms with Crippen LogP contribution in [0.25, 0.3) is 0 Å². The number of aliphatic hydroxyl groups excluding tert-OH is 1. The van der Waals surface area contributed by atoms with Crippen molar-refractivity contribution >= 4 is 9.84 Å². The van der Waals surface area contributed by atoms with E-state index in [2.05, 4.69) is 6.92 Å². The van der Waals surface area contributed by atoms with Gasteiger partial charge in [-0.2, -0.15) is 0 Å². The molecule has 2 atom stereocenters. The Balaban J connectivity index is 1.86. The van der Waals surface area contributed by atoms with Crippen LogP contribution in [0.5, 0.6) is 0 Å². The number of hydrogen-bond acceptors (Lipinski definition) is 4. The summed E-state index contributed by atoms with van der Waals surface area (Å²) in [4.78, 5) is -0.0974. The summed E-state index contributed by atoms with van der Waals surface area (Å²) in [7, 11) is -4.37. The lowest BCUT2D eigenvalue weighted by Gasteiger charge is -2.30. The minimum absolute atomic E-state index is 0.0737. The number of rotatable bonds is 20. The molecular formula is C30H45FO4S. The Morgan fingerprint density at radius 3 is 1.86 bits per heavy atom. The van der Waals surface area contributed by atoms with Crippen molar-refractivity contribution in [1.82, 2.24) is 0 Å². The van der Waals surface area contributed by atoms with Crippen LogP contribution in [0.2, 0.25) is 0 Å². The molecule has 0 saturated heterocycles. The summed E-state index contributed by atoms with van der Waals surface area (Å²) in [6, 6.07) is 17.2. The average molecular weight is 521 g/mol. The maximum atomic E-state index is 16.3. The highest BCUT2D eigenvalue weighted by atomic mass is 32.2. The lowest BCUT2D eigenvalue weighted by atomic mass is 10.0. The van der Waals surface area contributed by atoms with Gasteiger partial charge in [-0.05, 0) is 30.5 Å². The smallest absolute Gasteiger partial charge is 0.240 e. The number of hydrogen-bond donors (Lipinski definition) is 1. The zero-order chi connectivity index (χ0) is 26.1. The number of unbranched alkanes of at least 4 members (excludes halogenated alkanes) is 10. The third-order valence-corrected chi connectivity index (χ3v) is 9.03. The summed E-state index contributed by atoms with van der Waals surface area (Å²) in [6.07, 6.45) is 10.0. The molecule has 2 aromatic carbocycles. The van der Waals surface area contributed by atoms with Gasteiger partial charge in [0.15, 0.2) is 0 Å². The number of benzene rings is 2. The van der Waals surface area contributed by atoms with Gasteiger partial charge in [0.2, 0.25) is 14.8 Å². The highest BCUT2D eigenvalue weighted by Gasteiger charge is 2.50. The van der Waals surface area contributed by atoms with Crippen molar-refractivity contribution in [2.45, 2.75) is 113 Å². The van der Waals surface area contributed by atoms with Crippen LogP contribution in [0.1, 0.15) is 96.0 Å². The molecule has 0 amide bonds. The summed E-state index contributed by atoms with van der Waals surface area (Å²) >= 11 is 0. The quantitative estimate of drug-likeness (QED) is 0.181. The Morgan fingerprint density at radius 1 is 0.806 bits per heavy atom. The van der Waals surface area contributed by atoms with Gasteiger partial charge in [-0.1, -0.05) is 120 Å². The van der Waals surface area contributed by atoms with E-state index in [4.69, 9.17) is 4.74 Å². The summed E-state index contributed by atoms with van der Waals surface area (Å²) < 4.78 is 48.5. The normalized spacial score (nSPS) is 14.4. The van der Waals surface area contributed by atoms with Crippen molar-refractivity contribution in [1.29, 1.82) is 0 Å². The molecule has 2 rings (SSSR count). The Kier molecular flexibility index (Phi) is 14.3. The maximum Gasteiger partial charge on any atom is 0.240 e. The van der Waals surface area contributed by atoms with Gasteiger partial charge in [0, 0.05) is 13.0 Å². The molecule has 36 heavy (non-hydrogen) atoms. The second kappa shape index (κ2) is 16.9. The second-order valence-electron chi connectivity index (χ2n) is 9.73. The van der Waals surface area contributed by atoms with Crippen LogP contribution in [0.3, 0.4) is 0 Å². The minimum Gasteiger partial charge on any atom is -0.389 e. The molecule has 0 spiro atoms. The molecule has 0 aliphatic carbocycles. The number of alkyl halides is 1. The van der Waals surface area contributed by atoms with E-state index in [1.165, 1.54) is 50.7 Å². The Hall–Kier alpha value is -1.76. The molecule has 0 aliphatic heterocycles. The van der Waals surface area contributed by atoms with Gasteiger partial charge < -0.3 is 9.84 Å². The predicted molar refractivity (Wildman–Crippen MR) is 145 cm³/mol. The van der Waals surface area contributed by atoms with Gasteiger partial charge in [0.25, 0.3) is 0 Å². The van der Waals surface area contributed by atoms with E-state index in [1.54, 1.807) is 18.2 Å². The molecule has 4 nitrogen and oxygen atoms in total. The fourth-order valence-corrected chi connectivity index (χ4v) is 6.28. The molecular weight excluding hydrogens is 475 g/mol. The first-order valence-electron chi connectivity index (χ1n) is 13.7. The molecule has 0 radical (unpaired) electrons. The van der Waals surface area contributed by atoms with Gasteiger partial charge in [-0.15, -0.1) is 0 Å². The van der Waals surface area contributed by atoms with Gasteiger partial charge in [0.05, 0.1) is 11.5 Å². The minimum atomic E-state index is -4.37. The fourth-order valence-electron chi connectivity index (χ4n) is 4.48. The predicted octanol–water partition coefficient (Wildman–Crippen LogP) is 7.80. The molecule has 0 aromatic heterocycles. The molecule has 0 saturated carbocycles. The molecule has 6 heteroatoms. The molecule has 0 heterocycles. The number of ether oxygens (including phenoxy) is 1. The lowest BCUT2D eigenvalue weighted by molar-refractivity contribution is 0.00712. The standard InChI is InChI=1S/C30H45FO4S/c1-2-3-4-5-6-7-8-9-10-11-18-24-30(31,36(33,34)28-21-16-13-17-22-28)29(32)23-25-35-26-27-19-14-12-15-20-27/h12-17,19-22,29,32H,2-11,18,23-26H2,1H3. The van der Waals surface area contributed by atoms with E-state index in [0.29, 0.717) is 13.0 Å². The van der Waals surface area contributed by atoms with Crippen molar-refractivity contribution in [3.8, 4) is 0 Å². The largest absolute Gasteiger partial charge is 0.389 e. The summed E-state index contributed by atoms with van der Waals surface area (Å²) in [5.41, 5.74) is 0.969. The Labute approximate surface area is 218 Å². The zero-order valence-electron chi connectivity index (χ0n) is 21.9. The fraction of sp³-hybridized carbons (Fsp3) is 0.600. The third-order valence-electron chi connectivity index (χ3n) is 6.77. The second-order valence-corrected chi connectivity index (χ2v) is 11.9. The first-order valence-corrected chi connectivity index (χ1v) is 15.2. The van der Waals surface area contributed by atoms with Crippen LogP contribution in [0, 0.1) is 0 Å². The Morgan fingerprint density at radius 2 is 1.31 bits per heavy atom. The molecule has 0 bridgehead atoms. The van der Waals surface area contributed by atoms with E-state index in [0.717, 1.165) is 31.2 Å². The molecule has 202 valence electrons. The van der Waals surface area contributed by atoms with E-state index >= 15 is 4.39 Å². The average Bonchev–Trinajstić information content (AvgIpc) is 2.90. The van der Waals surface area contributed by atoms with Crippen molar-refractivity contribution in [3.63, 3.8) is 0 Å². The SMILES string of the molecule is CCCCCCCCCCCCCC(F)(C(O)CCOCc1ccccc1)S(=O)(=O)c1ccccc1. The summed E-state index contributed by atoms with van der Waals surface area (Å²) in [5.74, 6) is 0. The van der Waals surface area contributed by atoms with E-state index in [9.17, 15) is 13.5 Å². The molecule has 0 fully saturated rings. The van der Waals surface area contributed by atoms with E-state index in [-0.39, 0.29) is 24.3 Å². The highest BCUT2D eigenvalue weighted by Crippen LogP contribution is 2.37. The van der Waals surface area contributed by atoms with Gasteiger partial charge in [0.1, 0.15) is 6.10 Å². The maximum absolute atomic E-state index is 16.3. The molecule has 2 unspecified atom stereocenters. The van der Waals surface area contributed by atoms with Crippen molar-refractivity contribution in [3.05, 3.63) is 66.2 Å². The topological polar surface area (TPSA) is 63.6 Å². The molecule has 2 aromatic rings. The van der Waals surface area contributed by atoms with Crippen LogP contribution < -0.4 is 0 Å². The number of halogens is 1. The van der Waals surface area contributed by atoms with Crippen molar-refractivity contribution in [2.75, 3.05) is 6.61 Å². The van der Waals surface area contributed by atoms with Crippen LogP contribution in [-0.2, 0) is 21.2 Å². The third kappa shape index (κ3) is 9.95. The van der Waals surface area contributed by atoms with Gasteiger partial charge in [-0.25, -0.2) is 12.8 Å². The zero-order valence-corrected chi connectivity index (χ0v) is 22.7. The Bertz CT molecular complexity index is 920. The number of aliphatic hydroxyl groups is 1. The molecule has 1 N–H and O–H groups in total. The summed E-state index contributed by atoms with van der Waals surface area (Å²) in [6.45, 7) is 2.62. The monoisotopic (exact) mass is 520 g/mol. The number of sulfone groups is 1. The van der Waals surface area contributed by atoms with Crippen molar-refractivity contribution < 1.29 is 22.7 Å². The van der Waals surface area contributed by atoms with Crippen molar-refractivity contribution in [2.24, 2.45) is 0 Å². The molecule has 0 aliphatic rings. The van der Waals surface area contributed by atoms with E-state index in [1.807, 2.05) is 30.3 Å².